The van der Waals surface area contributed by atoms with Crippen molar-refractivity contribution >= 4 is 6.09 Å². The lowest BCUT2D eigenvalue weighted by Gasteiger charge is -2.49. The van der Waals surface area contributed by atoms with Crippen LogP contribution in [0.4, 0.5) is 4.79 Å². The van der Waals surface area contributed by atoms with Gasteiger partial charge in [0.15, 0.2) is 12.6 Å². The number of hydrogen-bond acceptors (Lipinski definition) is 8. The van der Waals surface area contributed by atoms with Gasteiger partial charge in [-0.25, -0.2) is 4.79 Å². The summed E-state index contributed by atoms with van der Waals surface area (Å²) in [6.45, 7) is 0.866. The minimum Gasteiger partial charge on any atom is -0.496 e. The molecule has 2 heterocycles. The molecule has 1 N–H and O–H groups in total. The van der Waals surface area contributed by atoms with Crippen LogP contribution in [0.15, 0.2) is 115 Å². The number of amides is 1. The molecule has 9 nitrogen and oxygen atoms in total. The van der Waals surface area contributed by atoms with Crippen molar-refractivity contribution < 1.29 is 38.0 Å². The quantitative estimate of drug-likeness (QED) is 0.223. The molecule has 2 fully saturated rings. The Morgan fingerprint density at radius 3 is 1.96 bits per heavy atom. The maximum atomic E-state index is 13.3. The van der Waals surface area contributed by atoms with Gasteiger partial charge in [0.1, 0.15) is 36.7 Å². The molecule has 1 amide bonds. The predicted molar refractivity (Wildman–Crippen MR) is 165 cm³/mol. The lowest BCUT2D eigenvalue weighted by molar-refractivity contribution is -0.350. The van der Waals surface area contributed by atoms with Crippen molar-refractivity contribution in [2.75, 3.05) is 13.7 Å². The van der Waals surface area contributed by atoms with Crippen LogP contribution >= 0.6 is 0 Å². The van der Waals surface area contributed by atoms with Crippen molar-refractivity contribution in [2.45, 2.75) is 56.8 Å². The molecule has 0 spiro atoms. The van der Waals surface area contributed by atoms with Crippen molar-refractivity contribution in [2.24, 2.45) is 0 Å². The standard InChI is InChI=1S/C36H37NO8/c1-39-29-20-12-11-19-28(29)34-42-24-30-32(45-34)33(40-21-25-13-5-2-6-14-25)31(35(44-30)41-22-26-15-7-3-8-16-26)37-36(38)43-23-27-17-9-4-10-18-27/h2-20,30-35H,21-24H2,1H3,(H,37,38)/t30-,31-,32-,33-,34-,35+/m1/s1. The third-order valence-corrected chi connectivity index (χ3v) is 7.77. The van der Waals surface area contributed by atoms with Gasteiger partial charge in [-0.05, 0) is 22.8 Å². The minimum absolute atomic E-state index is 0.109. The molecule has 0 aromatic heterocycles. The second-order valence-corrected chi connectivity index (χ2v) is 10.8. The van der Waals surface area contributed by atoms with Crippen molar-refractivity contribution in [3.05, 3.63) is 138 Å². The van der Waals surface area contributed by atoms with Crippen LogP contribution in [0.3, 0.4) is 0 Å². The van der Waals surface area contributed by atoms with Crippen molar-refractivity contribution in [3.63, 3.8) is 0 Å². The van der Waals surface area contributed by atoms with Gasteiger partial charge >= 0.3 is 6.09 Å². The van der Waals surface area contributed by atoms with Crippen molar-refractivity contribution in [1.82, 2.24) is 5.32 Å². The second kappa shape index (κ2) is 15.2. The molecule has 2 aliphatic heterocycles. The monoisotopic (exact) mass is 611 g/mol. The number of nitrogens with one attached hydrogen (secondary N) is 1. The first-order valence-electron chi connectivity index (χ1n) is 15.0. The molecule has 0 unspecified atom stereocenters. The van der Waals surface area contributed by atoms with E-state index in [1.165, 1.54) is 0 Å². The van der Waals surface area contributed by atoms with E-state index < -0.39 is 43.0 Å². The number of carbonyl (C=O) groups is 1. The number of ether oxygens (including phenoxy) is 7. The third kappa shape index (κ3) is 7.89. The first-order valence-corrected chi connectivity index (χ1v) is 15.0. The van der Waals surface area contributed by atoms with Gasteiger partial charge in [0.25, 0.3) is 0 Å². The second-order valence-electron chi connectivity index (χ2n) is 10.8. The lowest BCUT2D eigenvalue weighted by Crippen LogP contribution is -2.67. The van der Waals surface area contributed by atoms with E-state index >= 15 is 0 Å². The van der Waals surface area contributed by atoms with Gasteiger partial charge in [0, 0.05) is 5.56 Å². The van der Waals surface area contributed by atoms with Gasteiger partial charge in [0.2, 0.25) is 0 Å². The fraction of sp³-hybridized carbons (Fsp3) is 0.306. The number of para-hydroxylation sites is 1. The molecule has 2 aliphatic rings. The molecule has 6 rings (SSSR count). The van der Waals surface area contributed by atoms with Gasteiger partial charge < -0.3 is 38.5 Å². The number of benzene rings is 4. The summed E-state index contributed by atoms with van der Waals surface area (Å²) in [5.74, 6) is 0.641. The smallest absolute Gasteiger partial charge is 0.407 e. The molecule has 0 saturated carbocycles. The van der Waals surface area contributed by atoms with Crippen LogP contribution in [0.25, 0.3) is 0 Å². The van der Waals surface area contributed by atoms with Crippen LogP contribution in [0.5, 0.6) is 5.75 Å². The van der Waals surface area contributed by atoms with Crippen LogP contribution in [0.2, 0.25) is 0 Å². The molecule has 234 valence electrons. The molecule has 4 aromatic carbocycles. The average molecular weight is 612 g/mol. The van der Waals surface area contributed by atoms with E-state index in [1.54, 1.807) is 7.11 Å². The molecule has 2 saturated heterocycles. The van der Waals surface area contributed by atoms with Crippen LogP contribution in [-0.2, 0) is 48.2 Å². The number of rotatable bonds is 11. The normalized spacial score (nSPS) is 24.3. The van der Waals surface area contributed by atoms with Gasteiger partial charge in [-0.15, -0.1) is 0 Å². The molecular formula is C36H37NO8. The zero-order chi connectivity index (χ0) is 30.8. The van der Waals surface area contributed by atoms with Crippen molar-refractivity contribution in [1.29, 1.82) is 0 Å². The van der Waals surface area contributed by atoms with Gasteiger partial charge in [-0.1, -0.05) is 109 Å². The van der Waals surface area contributed by atoms with Gasteiger partial charge in [0.05, 0.1) is 26.9 Å². The molecule has 0 radical (unpaired) electrons. The molecule has 45 heavy (non-hydrogen) atoms. The van der Waals surface area contributed by atoms with Gasteiger partial charge in [-0.3, -0.25) is 0 Å². The summed E-state index contributed by atoms with van der Waals surface area (Å²) in [5.41, 5.74) is 3.55. The molecule has 0 bridgehead atoms. The molecule has 4 aromatic rings. The van der Waals surface area contributed by atoms with E-state index in [-0.39, 0.29) is 26.4 Å². The Morgan fingerprint density at radius 1 is 0.733 bits per heavy atom. The first kappa shape index (κ1) is 30.8. The van der Waals surface area contributed by atoms with E-state index in [1.807, 2.05) is 115 Å². The topological polar surface area (TPSA) is 93.7 Å². The number of carbonyl (C=O) groups excluding carboxylic acids is 1. The molecule has 0 aliphatic carbocycles. The Morgan fingerprint density at radius 2 is 1.31 bits per heavy atom. The highest BCUT2D eigenvalue weighted by Crippen LogP contribution is 2.38. The Labute approximate surface area is 262 Å². The summed E-state index contributed by atoms with van der Waals surface area (Å²) in [4.78, 5) is 13.3. The average Bonchev–Trinajstić information content (AvgIpc) is 3.10. The highest BCUT2D eigenvalue weighted by Gasteiger charge is 2.52. The maximum absolute atomic E-state index is 13.3. The zero-order valence-corrected chi connectivity index (χ0v) is 25.0. The Hall–Kier alpha value is -4.25. The first-order chi connectivity index (χ1) is 22.2. The summed E-state index contributed by atoms with van der Waals surface area (Å²) < 4.78 is 43.3. The SMILES string of the molecule is COc1ccccc1[C@@H]1OC[C@H]2O[C@H](OCc3ccccc3)[C@H](NC(=O)OCc3ccccc3)[C@@H](OCc3ccccc3)[C@@H]2O1. The number of hydrogen-bond donors (Lipinski definition) is 1. The van der Waals surface area contributed by atoms with Crippen LogP contribution < -0.4 is 10.1 Å². The van der Waals surface area contributed by atoms with E-state index in [0.29, 0.717) is 5.75 Å². The maximum Gasteiger partial charge on any atom is 0.407 e. The van der Waals surface area contributed by atoms with E-state index in [4.69, 9.17) is 33.2 Å². The summed E-state index contributed by atoms with van der Waals surface area (Å²) in [5, 5.41) is 2.99. The number of methoxy groups -OCH3 is 1. The summed E-state index contributed by atoms with van der Waals surface area (Å²) >= 11 is 0. The van der Waals surface area contributed by atoms with Crippen LogP contribution in [-0.4, -0.2) is 50.5 Å². The number of fused-ring (bicyclic) bond motifs is 1. The summed E-state index contributed by atoms with van der Waals surface area (Å²) in [6, 6.07) is 35.9. The van der Waals surface area contributed by atoms with E-state index in [2.05, 4.69) is 5.32 Å². The van der Waals surface area contributed by atoms with Crippen LogP contribution in [0, 0.1) is 0 Å². The van der Waals surface area contributed by atoms with Crippen molar-refractivity contribution in [3.8, 4) is 5.75 Å². The molecular weight excluding hydrogens is 574 g/mol. The Balaban J connectivity index is 1.27. The van der Waals surface area contributed by atoms with Crippen LogP contribution in [0.1, 0.15) is 28.5 Å². The predicted octanol–water partition coefficient (Wildman–Crippen LogP) is 5.93. The van der Waals surface area contributed by atoms with E-state index in [0.717, 1.165) is 22.3 Å². The lowest BCUT2D eigenvalue weighted by atomic mass is 9.95. The largest absolute Gasteiger partial charge is 0.496 e. The Kier molecular flexibility index (Phi) is 10.4. The molecule has 9 heteroatoms. The van der Waals surface area contributed by atoms with Gasteiger partial charge in [-0.2, -0.15) is 0 Å². The highest BCUT2D eigenvalue weighted by molar-refractivity contribution is 5.67. The third-order valence-electron chi connectivity index (χ3n) is 7.77. The fourth-order valence-corrected chi connectivity index (χ4v) is 5.50. The highest BCUT2D eigenvalue weighted by atomic mass is 16.8. The Bertz CT molecular complexity index is 1490. The summed E-state index contributed by atoms with van der Waals surface area (Å²) in [7, 11) is 1.61. The fourth-order valence-electron chi connectivity index (χ4n) is 5.50. The zero-order valence-electron chi connectivity index (χ0n) is 25.0. The minimum atomic E-state index is -0.883. The summed E-state index contributed by atoms with van der Waals surface area (Å²) in [6.07, 6.45) is -4.08. The number of alkyl carbamates (subject to hydrolysis) is 1. The molecule has 6 atom stereocenters. The van der Waals surface area contributed by atoms with E-state index in [9.17, 15) is 4.79 Å².